The molecule has 3 rings (SSSR count). The molecule has 2 aromatic rings. The highest BCUT2D eigenvalue weighted by Crippen LogP contribution is 2.23. The lowest BCUT2D eigenvalue weighted by Gasteiger charge is -2.28. The van der Waals surface area contributed by atoms with E-state index in [1.54, 1.807) is 6.07 Å². The molecule has 0 radical (unpaired) electrons. The number of aliphatic hydroxyl groups excluding tert-OH is 1. The van der Waals surface area contributed by atoms with E-state index in [9.17, 15) is 9.90 Å². The Morgan fingerprint density at radius 2 is 2.24 bits per heavy atom. The van der Waals surface area contributed by atoms with Crippen LogP contribution in [0.4, 0.5) is 0 Å². The van der Waals surface area contributed by atoms with Gasteiger partial charge in [0.15, 0.2) is 0 Å². The number of amides is 1. The number of halogens is 1. The van der Waals surface area contributed by atoms with Gasteiger partial charge < -0.3 is 15.2 Å². The minimum Gasteiger partial charge on any atom is -0.389 e. The molecule has 1 fully saturated rings. The predicted molar refractivity (Wildman–Crippen MR) is 82.1 cm³/mol. The predicted octanol–water partition coefficient (Wildman–Crippen LogP) is 1.88. The van der Waals surface area contributed by atoms with Gasteiger partial charge in [-0.25, -0.2) is 4.98 Å². The van der Waals surface area contributed by atoms with Crippen molar-refractivity contribution in [3.8, 4) is 0 Å². The number of aromatic nitrogens is 1. The highest BCUT2D eigenvalue weighted by atomic mass is 79.9. The first kappa shape index (κ1) is 14.4. The van der Waals surface area contributed by atoms with Crippen LogP contribution in [0.25, 0.3) is 10.9 Å². The number of aliphatic hydroxyl groups is 1. The molecule has 0 aliphatic carbocycles. The second-order valence-corrected chi connectivity index (χ2v) is 5.87. The van der Waals surface area contributed by atoms with Gasteiger partial charge in [-0.15, -0.1) is 0 Å². The standard InChI is InChI=1S/C15H15BrN2O3/c16-10-7-13(17-11-4-2-1-3-9(10)11)15(20)18-12-5-6-21-8-14(12)19/h1-4,7,12,14,19H,5-6,8H2,(H,18,20)/t12-,14-/m0/s1. The fraction of sp³-hybridized carbons (Fsp3) is 0.333. The van der Waals surface area contributed by atoms with E-state index in [0.717, 1.165) is 15.4 Å². The summed E-state index contributed by atoms with van der Waals surface area (Å²) in [7, 11) is 0. The number of rotatable bonds is 2. The Bertz CT molecular complexity index is 677. The Morgan fingerprint density at radius 1 is 1.43 bits per heavy atom. The molecule has 21 heavy (non-hydrogen) atoms. The Morgan fingerprint density at radius 3 is 3.05 bits per heavy atom. The summed E-state index contributed by atoms with van der Waals surface area (Å²) < 4.78 is 5.98. The van der Waals surface area contributed by atoms with Crippen LogP contribution in [0.5, 0.6) is 0 Å². The normalized spacial score (nSPS) is 22.2. The minimum absolute atomic E-state index is 0.250. The van der Waals surface area contributed by atoms with Crippen molar-refractivity contribution in [2.75, 3.05) is 13.2 Å². The fourth-order valence-corrected chi connectivity index (χ4v) is 2.93. The van der Waals surface area contributed by atoms with Crippen LogP contribution in [0.2, 0.25) is 0 Å². The molecular formula is C15H15BrN2O3. The minimum atomic E-state index is -0.674. The number of ether oxygens (including phenoxy) is 1. The molecule has 1 amide bonds. The van der Waals surface area contributed by atoms with Crippen molar-refractivity contribution in [3.63, 3.8) is 0 Å². The maximum Gasteiger partial charge on any atom is 0.270 e. The monoisotopic (exact) mass is 350 g/mol. The van der Waals surface area contributed by atoms with E-state index in [-0.39, 0.29) is 18.6 Å². The molecule has 2 N–H and O–H groups in total. The van der Waals surface area contributed by atoms with E-state index in [4.69, 9.17) is 4.74 Å². The van der Waals surface area contributed by atoms with Gasteiger partial charge in [-0.2, -0.15) is 0 Å². The van der Waals surface area contributed by atoms with Gasteiger partial charge in [0, 0.05) is 16.5 Å². The van der Waals surface area contributed by atoms with Crippen molar-refractivity contribution < 1.29 is 14.6 Å². The molecule has 1 aliphatic heterocycles. The van der Waals surface area contributed by atoms with Crippen LogP contribution in [0.1, 0.15) is 16.9 Å². The smallest absolute Gasteiger partial charge is 0.270 e. The number of nitrogens with one attached hydrogen (secondary N) is 1. The van der Waals surface area contributed by atoms with E-state index in [0.29, 0.717) is 18.7 Å². The third kappa shape index (κ3) is 3.07. The van der Waals surface area contributed by atoms with Crippen molar-refractivity contribution in [2.45, 2.75) is 18.6 Å². The van der Waals surface area contributed by atoms with Crippen LogP contribution >= 0.6 is 15.9 Å². The van der Waals surface area contributed by atoms with Gasteiger partial charge >= 0.3 is 0 Å². The molecule has 0 spiro atoms. The number of nitrogens with zero attached hydrogens (tertiary/aromatic N) is 1. The lowest BCUT2D eigenvalue weighted by Crippen LogP contribution is -2.48. The van der Waals surface area contributed by atoms with Crippen LogP contribution in [-0.4, -0.2) is 41.4 Å². The average molecular weight is 351 g/mol. The van der Waals surface area contributed by atoms with E-state index < -0.39 is 6.10 Å². The van der Waals surface area contributed by atoms with Gasteiger partial charge in [0.25, 0.3) is 5.91 Å². The molecule has 0 saturated carbocycles. The molecule has 0 bridgehead atoms. The highest BCUT2D eigenvalue weighted by Gasteiger charge is 2.26. The molecule has 2 atom stereocenters. The summed E-state index contributed by atoms with van der Waals surface area (Å²) in [6.07, 6.45) is -0.0756. The number of benzene rings is 1. The van der Waals surface area contributed by atoms with E-state index in [2.05, 4.69) is 26.2 Å². The van der Waals surface area contributed by atoms with E-state index >= 15 is 0 Å². The number of hydrogen-bond donors (Lipinski definition) is 2. The van der Waals surface area contributed by atoms with Crippen LogP contribution < -0.4 is 5.32 Å². The zero-order valence-corrected chi connectivity index (χ0v) is 12.8. The van der Waals surface area contributed by atoms with Crippen molar-refractivity contribution in [1.29, 1.82) is 0 Å². The largest absolute Gasteiger partial charge is 0.389 e. The first-order valence-corrected chi connectivity index (χ1v) is 7.56. The van der Waals surface area contributed by atoms with Gasteiger partial charge in [0.05, 0.1) is 24.3 Å². The average Bonchev–Trinajstić information content (AvgIpc) is 2.49. The number of hydrogen-bond acceptors (Lipinski definition) is 4. The summed E-state index contributed by atoms with van der Waals surface area (Å²) in [5.74, 6) is -0.285. The summed E-state index contributed by atoms with van der Waals surface area (Å²) in [6, 6.07) is 9.01. The molecule has 1 aliphatic rings. The van der Waals surface area contributed by atoms with Gasteiger partial charge in [0.2, 0.25) is 0 Å². The molecule has 1 aromatic carbocycles. The van der Waals surface area contributed by atoms with Gasteiger partial charge in [0.1, 0.15) is 5.69 Å². The summed E-state index contributed by atoms with van der Waals surface area (Å²) >= 11 is 3.46. The maximum atomic E-state index is 12.3. The first-order valence-electron chi connectivity index (χ1n) is 6.77. The quantitative estimate of drug-likeness (QED) is 0.867. The summed E-state index contributed by atoms with van der Waals surface area (Å²) in [4.78, 5) is 16.7. The lowest BCUT2D eigenvalue weighted by molar-refractivity contribution is -0.0261. The Hall–Kier alpha value is -1.50. The van der Waals surface area contributed by atoms with Gasteiger partial charge in [-0.05, 0) is 18.6 Å². The first-order chi connectivity index (χ1) is 10.1. The second-order valence-electron chi connectivity index (χ2n) is 5.02. The van der Waals surface area contributed by atoms with Crippen LogP contribution in [0.3, 0.4) is 0 Å². The summed E-state index contributed by atoms with van der Waals surface area (Å²) in [5.41, 5.74) is 1.09. The second kappa shape index (κ2) is 6.09. The zero-order chi connectivity index (χ0) is 14.8. The summed E-state index contributed by atoms with van der Waals surface area (Å²) in [6.45, 7) is 0.788. The number of pyridine rings is 1. The van der Waals surface area contributed by atoms with Crippen molar-refractivity contribution in [3.05, 3.63) is 40.5 Å². The zero-order valence-electron chi connectivity index (χ0n) is 11.3. The Labute approximate surface area is 130 Å². The van der Waals surface area contributed by atoms with Gasteiger partial charge in [-0.3, -0.25) is 4.79 Å². The Balaban J connectivity index is 1.84. The topological polar surface area (TPSA) is 71.5 Å². The third-order valence-electron chi connectivity index (χ3n) is 3.54. The number of para-hydroxylation sites is 1. The maximum absolute atomic E-state index is 12.3. The molecule has 5 nitrogen and oxygen atoms in total. The molecular weight excluding hydrogens is 336 g/mol. The number of carbonyl (C=O) groups excluding carboxylic acids is 1. The van der Waals surface area contributed by atoms with Crippen LogP contribution in [0, 0.1) is 0 Å². The van der Waals surface area contributed by atoms with Crippen molar-refractivity contribution >= 4 is 32.7 Å². The third-order valence-corrected chi connectivity index (χ3v) is 4.20. The summed E-state index contributed by atoms with van der Waals surface area (Å²) in [5, 5.41) is 13.6. The van der Waals surface area contributed by atoms with Gasteiger partial charge in [-0.1, -0.05) is 34.1 Å². The molecule has 1 aromatic heterocycles. The number of carbonyl (C=O) groups is 1. The lowest BCUT2D eigenvalue weighted by atomic mass is 10.1. The number of fused-ring (bicyclic) bond motifs is 1. The molecule has 1 saturated heterocycles. The molecule has 6 heteroatoms. The molecule has 2 heterocycles. The van der Waals surface area contributed by atoms with Crippen LogP contribution in [0.15, 0.2) is 34.8 Å². The van der Waals surface area contributed by atoms with Crippen molar-refractivity contribution in [1.82, 2.24) is 10.3 Å². The van der Waals surface area contributed by atoms with Crippen molar-refractivity contribution in [2.24, 2.45) is 0 Å². The SMILES string of the molecule is O=C(N[C@H]1CCOC[C@@H]1O)c1cc(Br)c2ccccc2n1. The highest BCUT2D eigenvalue weighted by molar-refractivity contribution is 9.10. The molecule has 0 unspecified atom stereocenters. The van der Waals surface area contributed by atoms with Crippen LogP contribution in [-0.2, 0) is 4.74 Å². The fourth-order valence-electron chi connectivity index (χ4n) is 2.38. The molecule has 110 valence electrons. The van der Waals surface area contributed by atoms with E-state index in [1.165, 1.54) is 0 Å². The van der Waals surface area contributed by atoms with E-state index in [1.807, 2.05) is 24.3 Å². The Kier molecular flexibility index (Phi) is 4.19.